The summed E-state index contributed by atoms with van der Waals surface area (Å²) in [7, 11) is 0. The molecular formula is C10H13N5O. The molecule has 6 heteroatoms. The lowest BCUT2D eigenvalue weighted by Gasteiger charge is -2.04. The first kappa shape index (κ1) is 10.4. The summed E-state index contributed by atoms with van der Waals surface area (Å²) in [5.41, 5.74) is 2.48. The van der Waals surface area contributed by atoms with Gasteiger partial charge in [0.15, 0.2) is 0 Å². The molecule has 2 rings (SSSR count). The van der Waals surface area contributed by atoms with Crippen LogP contribution in [0.2, 0.25) is 0 Å². The third-order valence-electron chi connectivity index (χ3n) is 1.99. The van der Waals surface area contributed by atoms with Gasteiger partial charge in [-0.05, 0) is 19.1 Å². The van der Waals surface area contributed by atoms with Crippen molar-refractivity contribution in [3.63, 3.8) is 0 Å². The molecule has 0 fully saturated rings. The molecule has 4 N–H and O–H groups in total. The van der Waals surface area contributed by atoms with E-state index in [4.69, 9.17) is 10.3 Å². The molecule has 0 atom stereocenters. The molecule has 84 valence electrons. The van der Waals surface area contributed by atoms with Crippen LogP contribution in [0.1, 0.15) is 11.7 Å². The Balaban J connectivity index is 1.99. The molecule has 0 saturated heterocycles. The minimum absolute atomic E-state index is 0.495. The van der Waals surface area contributed by atoms with Crippen LogP contribution >= 0.6 is 0 Å². The van der Waals surface area contributed by atoms with E-state index in [-0.39, 0.29) is 0 Å². The van der Waals surface area contributed by atoms with Crippen LogP contribution in [-0.2, 0) is 6.54 Å². The molecule has 2 aromatic rings. The zero-order valence-electron chi connectivity index (χ0n) is 8.90. The van der Waals surface area contributed by atoms with E-state index in [0.717, 1.165) is 5.76 Å². The van der Waals surface area contributed by atoms with E-state index in [1.165, 1.54) is 0 Å². The van der Waals surface area contributed by atoms with Gasteiger partial charge in [-0.25, -0.2) is 15.8 Å². The highest BCUT2D eigenvalue weighted by molar-refractivity contribution is 5.44. The van der Waals surface area contributed by atoms with Gasteiger partial charge in [0.05, 0.1) is 12.7 Å². The van der Waals surface area contributed by atoms with Crippen molar-refractivity contribution in [3.8, 4) is 0 Å². The van der Waals surface area contributed by atoms with E-state index in [1.54, 1.807) is 12.3 Å². The second-order valence-corrected chi connectivity index (χ2v) is 3.27. The Labute approximate surface area is 92.9 Å². The second-order valence-electron chi connectivity index (χ2n) is 3.27. The average molecular weight is 219 g/mol. The number of nitrogen functional groups attached to an aromatic ring is 1. The van der Waals surface area contributed by atoms with Crippen molar-refractivity contribution in [2.45, 2.75) is 13.5 Å². The van der Waals surface area contributed by atoms with Gasteiger partial charge in [-0.1, -0.05) is 6.07 Å². The molecule has 0 aliphatic rings. The minimum Gasteiger partial charge on any atom is -0.444 e. The highest BCUT2D eigenvalue weighted by Crippen LogP contribution is 2.09. The summed E-state index contributed by atoms with van der Waals surface area (Å²) in [5, 5.41) is 3.09. The van der Waals surface area contributed by atoms with Crippen molar-refractivity contribution in [2.75, 3.05) is 10.7 Å². The maximum absolute atomic E-state index is 5.32. The first-order valence-corrected chi connectivity index (χ1v) is 4.87. The zero-order chi connectivity index (χ0) is 11.4. The second kappa shape index (κ2) is 4.63. The van der Waals surface area contributed by atoms with Crippen LogP contribution in [0.5, 0.6) is 0 Å². The number of pyridine rings is 1. The lowest BCUT2D eigenvalue weighted by Crippen LogP contribution is -2.09. The zero-order valence-corrected chi connectivity index (χ0v) is 8.90. The number of nitrogens with zero attached hydrogens (tertiary/aromatic N) is 2. The molecule has 0 saturated carbocycles. The molecule has 0 spiro atoms. The summed E-state index contributed by atoms with van der Waals surface area (Å²) in [6, 6.07) is 5.47. The van der Waals surface area contributed by atoms with Crippen LogP contribution in [0.15, 0.2) is 28.8 Å². The van der Waals surface area contributed by atoms with Crippen LogP contribution < -0.4 is 16.6 Å². The van der Waals surface area contributed by atoms with Crippen LogP contribution in [-0.4, -0.2) is 9.97 Å². The van der Waals surface area contributed by atoms with Crippen molar-refractivity contribution in [3.05, 3.63) is 36.0 Å². The molecule has 2 aromatic heterocycles. The Morgan fingerprint density at radius 1 is 1.38 bits per heavy atom. The fraction of sp³-hybridized carbons (Fsp3) is 0.200. The number of nitrogens with two attached hydrogens (primary N) is 1. The van der Waals surface area contributed by atoms with E-state index in [0.29, 0.717) is 24.1 Å². The molecule has 2 heterocycles. The summed E-state index contributed by atoms with van der Waals surface area (Å²) < 4.78 is 5.32. The lowest BCUT2D eigenvalue weighted by molar-refractivity contribution is 0.479. The maximum atomic E-state index is 5.32. The first-order valence-electron chi connectivity index (χ1n) is 4.87. The molecule has 6 nitrogen and oxygen atoms in total. The van der Waals surface area contributed by atoms with Crippen LogP contribution in [0, 0.1) is 6.92 Å². The van der Waals surface area contributed by atoms with E-state index in [9.17, 15) is 0 Å². The van der Waals surface area contributed by atoms with Gasteiger partial charge in [-0.15, -0.1) is 0 Å². The summed E-state index contributed by atoms with van der Waals surface area (Å²) in [4.78, 5) is 8.27. The Bertz CT molecular complexity index is 468. The molecule has 0 aliphatic heterocycles. The third-order valence-corrected chi connectivity index (χ3v) is 1.99. The largest absolute Gasteiger partial charge is 0.444 e. The van der Waals surface area contributed by atoms with Gasteiger partial charge in [0, 0.05) is 0 Å². The number of nitrogens with one attached hydrogen (secondary N) is 2. The van der Waals surface area contributed by atoms with Gasteiger partial charge in [0.25, 0.3) is 0 Å². The average Bonchev–Trinajstić information content (AvgIpc) is 2.73. The van der Waals surface area contributed by atoms with Crippen LogP contribution in [0.3, 0.4) is 0 Å². The monoisotopic (exact) mass is 219 g/mol. The molecule has 0 bridgehead atoms. The summed E-state index contributed by atoms with van der Waals surface area (Å²) in [6.07, 6.45) is 1.68. The SMILES string of the molecule is Cc1cnc(CNc2cccc(NN)n2)o1. The number of hydrogen-bond donors (Lipinski definition) is 3. The van der Waals surface area contributed by atoms with Crippen molar-refractivity contribution in [2.24, 2.45) is 5.84 Å². The molecule has 0 unspecified atom stereocenters. The van der Waals surface area contributed by atoms with Crippen molar-refractivity contribution in [1.29, 1.82) is 0 Å². The number of aryl methyl sites for hydroxylation is 1. The summed E-state index contributed by atoms with van der Waals surface area (Å²) >= 11 is 0. The number of oxazole rings is 1. The highest BCUT2D eigenvalue weighted by Gasteiger charge is 2.01. The first-order chi connectivity index (χ1) is 7.78. The predicted molar refractivity (Wildman–Crippen MR) is 60.6 cm³/mol. The number of hydrogen-bond acceptors (Lipinski definition) is 6. The minimum atomic E-state index is 0.495. The lowest BCUT2D eigenvalue weighted by atomic mass is 10.4. The van der Waals surface area contributed by atoms with Crippen LogP contribution in [0.25, 0.3) is 0 Å². The summed E-state index contributed by atoms with van der Waals surface area (Å²) in [6.45, 7) is 2.35. The van der Waals surface area contributed by atoms with Crippen molar-refractivity contribution >= 4 is 11.6 Å². The highest BCUT2D eigenvalue weighted by atomic mass is 16.4. The predicted octanol–water partition coefficient (Wildman–Crippen LogP) is 1.28. The van der Waals surface area contributed by atoms with Gasteiger partial charge in [0.1, 0.15) is 17.4 Å². The quantitative estimate of drug-likeness (QED) is 0.530. The van der Waals surface area contributed by atoms with Gasteiger partial charge < -0.3 is 15.2 Å². The van der Waals surface area contributed by atoms with Gasteiger partial charge in [-0.3, -0.25) is 0 Å². The van der Waals surface area contributed by atoms with E-state index >= 15 is 0 Å². The van der Waals surface area contributed by atoms with E-state index < -0.39 is 0 Å². The summed E-state index contributed by atoms with van der Waals surface area (Å²) in [5.74, 6) is 8.00. The topological polar surface area (TPSA) is 89.0 Å². The molecule has 0 aromatic carbocycles. The normalized spacial score (nSPS) is 10.1. The van der Waals surface area contributed by atoms with Gasteiger partial charge >= 0.3 is 0 Å². The van der Waals surface area contributed by atoms with Gasteiger partial charge in [0.2, 0.25) is 5.89 Å². The fourth-order valence-electron chi connectivity index (χ4n) is 1.26. The molecular weight excluding hydrogens is 206 g/mol. The Morgan fingerprint density at radius 3 is 2.88 bits per heavy atom. The number of hydrazine groups is 1. The van der Waals surface area contributed by atoms with E-state index in [2.05, 4.69) is 20.7 Å². The van der Waals surface area contributed by atoms with Gasteiger partial charge in [-0.2, -0.15) is 0 Å². The van der Waals surface area contributed by atoms with Crippen molar-refractivity contribution < 1.29 is 4.42 Å². The maximum Gasteiger partial charge on any atom is 0.213 e. The number of aromatic nitrogens is 2. The Morgan fingerprint density at radius 2 is 2.19 bits per heavy atom. The molecule has 0 aliphatic carbocycles. The number of anilines is 2. The third kappa shape index (κ3) is 2.48. The fourth-order valence-corrected chi connectivity index (χ4v) is 1.26. The molecule has 0 radical (unpaired) electrons. The van der Waals surface area contributed by atoms with Crippen molar-refractivity contribution in [1.82, 2.24) is 9.97 Å². The number of rotatable bonds is 4. The van der Waals surface area contributed by atoms with E-state index in [1.807, 2.05) is 19.1 Å². The Kier molecular flexibility index (Phi) is 3.02. The molecule has 16 heavy (non-hydrogen) atoms. The molecule has 0 amide bonds. The Hall–Kier alpha value is -2.08. The smallest absolute Gasteiger partial charge is 0.213 e. The standard InChI is InChI=1S/C10H13N5O/c1-7-5-13-10(16-7)6-12-8-3-2-4-9(14-8)15-11/h2-5H,6,11H2,1H3,(H2,12,14,15). The van der Waals surface area contributed by atoms with Crippen LogP contribution in [0.4, 0.5) is 11.6 Å².